The van der Waals surface area contributed by atoms with Gasteiger partial charge in [-0.1, -0.05) is 47.1 Å². The zero-order chi connectivity index (χ0) is 14.5. The first-order valence-electron chi connectivity index (χ1n) is 6.56. The topological polar surface area (TPSA) is 12.0 Å². The van der Waals surface area contributed by atoms with Gasteiger partial charge in [0.2, 0.25) is 0 Å². The molecule has 20 heavy (non-hydrogen) atoms. The summed E-state index contributed by atoms with van der Waals surface area (Å²) in [5, 5.41) is 3.37. The Morgan fingerprint density at radius 3 is 2.50 bits per heavy atom. The van der Waals surface area contributed by atoms with Gasteiger partial charge in [-0.15, -0.1) is 0 Å². The van der Waals surface area contributed by atoms with Crippen molar-refractivity contribution in [2.45, 2.75) is 19.4 Å². The van der Waals surface area contributed by atoms with Crippen LogP contribution >= 0.6 is 15.9 Å². The third kappa shape index (κ3) is 3.44. The van der Waals surface area contributed by atoms with Crippen LogP contribution in [0.25, 0.3) is 0 Å². The van der Waals surface area contributed by atoms with Crippen LogP contribution in [0, 0.1) is 11.6 Å². The van der Waals surface area contributed by atoms with Crippen molar-refractivity contribution in [3.63, 3.8) is 0 Å². The summed E-state index contributed by atoms with van der Waals surface area (Å²) in [5.41, 5.74) is 1.72. The highest BCUT2D eigenvalue weighted by Crippen LogP contribution is 2.29. The molecule has 106 valence electrons. The van der Waals surface area contributed by atoms with Crippen LogP contribution in [-0.2, 0) is 0 Å². The van der Waals surface area contributed by atoms with Gasteiger partial charge >= 0.3 is 0 Å². The minimum Gasteiger partial charge on any atom is -0.306 e. The van der Waals surface area contributed by atoms with Gasteiger partial charge in [-0.05, 0) is 42.3 Å². The molecule has 0 heterocycles. The summed E-state index contributed by atoms with van der Waals surface area (Å²) < 4.78 is 27.5. The van der Waals surface area contributed by atoms with Crippen LogP contribution < -0.4 is 5.32 Å². The zero-order valence-corrected chi connectivity index (χ0v) is 12.8. The Morgan fingerprint density at radius 1 is 1.10 bits per heavy atom. The van der Waals surface area contributed by atoms with Crippen LogP contribution in [0.4, 0.5) is 8.78 Å². The lowest BCUT2D eigenvalue weighted by Gasteiger charge is -2.21. The predicted octanol–water partition coefficient (Wildman–Crippen LogP) is 4.82. The van der Waals surface area contributed by atoms with Gasteiger partial charge in [0.25, 0.3) is 0 Å². The first kappa shape index (κ1) is 15.1. The molecule has 0 spiro atoms. The quantitative estimate of drug-likeness (QED) is 0.823. The van der Waals surface area contributed by atoms with Crippen LogP contribution in [0.3, 0.4) is 0 Å². The minimum absolute atomic E-state index is 0.166. The average Bonchev–Trinajstić information content (AvgIpc) is 2.44. The molecule has 4 heteroatoms. The van der Waals surface area contributed by atoms with Crippen molar-refractivity contribution in [1.29, 1.82) is 0 Å². The van der Waals surface area contributed by atoms with Crippen molar-refractivity contribution >= 4 is 15.9 Å². The van der Waals surface area contributed by atoms with E-state index >= 15 is 0 Å². The molecule has 0 saturated heterocycles. The summed E-state index contributed by atoms with van der Waals surface area (Å²) in [6.07, 6.45) is 0.963. The number of hydrogen-bond donors (Lipinski definition) is 1. The summed E-state index contributed by atoms with van der Waals surface area (Å²) in [4.78, 5) is 0. The lowest BCUT2D eigenvalue weighted by Crippen LogP contribution is -2.23. The molecule has 0 aliphatic rings. The Bertz CT molecular complexity index is 586. The average molecular weight is 340 g/mol. The Hall–Kier alpha value is -1.26. The third-order valence-corrected chi connectivity index (χ3v) is 3.81. The number of benzene rings is 2. The normalized spacial score (nSPS) is 12.4. The van der Waals surface area contributed by atoms with E-state index in [0.717, 1.165) is 23.0 Å². The molecular weight excluding hydrogens is 324 g/mol. The number of halogens is 3. The van der Waals surface area contributed by atoms with E-state index in [-0.39, 0.29) is 6.04 Å². The summed E-state index contributed by atoms with van der Waals surface area (Å²) in [6.45, 7) is 2.86. The predicted molar refractivity (Wildman–Crippen MR) is 80.6 cm³/mol. The summed E-state index contributed by atoms with van der Waals surface area (Å²) in [5.74, 6) is -1.65. The first-order valence-corrected chi connectivity index (χ1v) is 7.35. The van der Waals surface area contributed by atoms with E-state index in [1.165, 1.54) is 12.1 Å². The second-order valence-corrected chi connectivity index (χ2v) is 5.44. The fourth-order valence-corrected chi connectivity index (χ4v) is 2.61. The van der Waals surface area contributed by atoms with Gasteiger partial charge in [0, 0.05) is 4.47 Å². The minimum atomic E-state index is -0.824. The smallest absolute Gasteiger partial charge is 0.159 e. The van der Waals surface area contributed by atoms with E-state index < -0.39 is 11.6 Å². The summed E-state index contributed by atoms with van der Waals surface area (Å²) >= 11 is 3.51. The van der Waals surface area contributed by atoms with Crippen LogP contribution in [0.2, 0.25) is 0 Å². The Morgan fingerprint density at radius 2 is 1.85 bits per heavy atom. The molecule has 1 N–H and O–H groups in total. The zero-order valence-electron chi connectivity index (χ0n) is 11.2. The highest BCUT2D eigenvalue weighted by atomic mass is 79.9. The van der Waals surface area contributed by atoms with E-state index in [0.29, 0.717) is 5.56 Å². The maximum absolute atomic E-state index is 13.5. The molecule has 0 amide bonds. The van der Waals surface area contributed by atoms with Gasteiger partial charge in [0.1, 0.15) is 0 Å². The van der Waals surface area contributed by atoms with Gasteiger partial charge < -0.3 is 5.32 Å². The van der Waals surface area contributed by atoms with Crippen LogP contribution in [0.5, 0.6) is 0 Å². The molecule has 2 aromatic carbocycles. The van der Waals surface area contributed by atoms with Gasteiger partial charge in [-0.3, -0.25) is 0 Å². The fraction of sp³-hybridized carbons (Fsp3) is 0.250. The second kappa shape index (κ2) is 6.95. The molecule has 0 bridgehead atoms. The maximum atomic E-state index is 13.5. The van der Waals surface area contributed by atoms with Crippen LogP contribution in [-0.4, -0.2) is 6.54 Å². The van der Waals surface area contributed by atoms with E-state index in [2.05, 4.69) is 28.2 Å². The highest BCUT2D eigenvalue weighted by molar-refractivity contribution is 9.10. The molecule has 0 saturated carbocycles. The molecule has 2 aromatic rings. The molecule has 0 aliphatic heterocycles. The van der Waals surface area contributed by atoms with Gasteiger partial charge in [-0.2, -0.15) is 0 Å². The first-order chi connectivity index (χ1) is 9.63. The molecule has 0 radical (unpaired) electrons. The molecule has 1 atom stereocenters. The molecule has 1 nitrogen and oxygen atoms in total. The lowest BCUT2D eigenvalue weighted by molar-refractivity contribution is 0.503. The van der Waals surface area contributed by atoms with Crippen molar-refractivity contribution < 1.29 is 8.78 Å². The van der Waals surface area contributed by atoms with Crippen LogP contribution in [0.15, 0.2) is 46.9 Å². The van der Waals surface area contributed by atoms with Crippen molar-refractivity contribution in [1.82, 2.24) is 5.32 Å². The molecule has 0 aromatic heterocycles. The highest BCUT2D eigenvalue weighted by Gasteiger charge is 2.17. The van der Waals surface area contributed by atoms with Crippen molar-refractivity contribution in [2.24, 2.45) is 0 Å². The van der Waals surface area contributed by atoms with E-state index in [9.17, 15) is 8.78 Å². The van der Waals surface area contributed by atoms with Gasteiger partial charge in [0.15, 0.2) is 11.6 Å². The summed E-state index contributed by atoms with van der Waals surface area (Å²) in [6, 6.07) is 11.6. The standard InChI is InChI=1S/C16H16BrF2N/c1-2-9-20-16(12-5-3-4-6-13(12)17)11-7-8-14(18)15(19)10-11/h3-8,10,16,20H,2,9H2,1H3. The summed E-state index contributed by atoms with van der Waals surface area (Å²) in [7, 11) is 0. The molecule has 1 unspecified atom stereocenters. The van der Waals surface area contributed by atoms with E-state index in [1.54, 1.807) is 6.07 Å². The van der Waals surface area contributed by atoms with Crippen molar-refractivity contribution in [2.75, 3.05) is 6.54 Å². The van der Waals surface area contributed by atoms with Gasteiger partial charge in [-0.25, -0.2) is 8.78 Å². The lowest BCUT2D eigenvalue weighted by atomic mass is 9.98. The van der Waals surface area contributed by atoms with Crippen molar-refractivity contribution in [3.8, 4) is 0 Å². The van der Waals surface area contributed by atoms with E-state index in [4.69, 9.17) is 0 Å². The Balaban J connectivity index is 2.41. The van der Waals surface area contributed by atoms with Crippen LogP contribution in [0.1, 0.15) is 30.5 Å². The molecule has 2 rings (SSSR count). The Kier molecular flexibility index (Phi) is 5.26. The third-order valence-electron chi connectivity index (χ3n) is 3.09. The largest absolute Gasteiger partial charge is 0.306 e. The maximum Gasteiger partial charge on any atom is 0.159 e. The Labute approximate surface area is 126 Å². The fourth-order valence-electron chi connectivity index (χ4n) is 2.10. The van der Waals surface area contributed by atoms with Crippen molar-refractivity contribution in [3.05, 3.63) is 69.7 Å². The van der Waals surface area contributed by atoms with Gasteiger partial charge in [0.05, 0.1) is 6.04 Å². The molecule has 0 aliphatic carbocycles. The monoisotopic (exact) mass is 339 g/mol. The molecule has 0 fully saturated rings. The molecular formula is C16H16BrF2N. The number of rotatable bonds is 5. The number of hydrogen-bond acceptors (Lipinski definition) is 1. The van der Waals surface area contributed by atoms with E-state index in [1.807, 2.05) is 24.3 Å². The second-order valence-electron chi connectivity index (χ2n) is 4.58. The SMILES string of the molecule is CCCNC(c1ccc(F)c(F)c1)c1ccccc1Br. The number of nitrogens with one attached hydrogen (secondary N) is 1.